The van der Waals surface area contributed by atoms with Crippen LogP contribution in [0, 0.1) is 0 Å². The molecule has 2 aromatic carbocycles. The first-order chi connectivity index (χ1) is 14.6. The number of morpholine rings is 1. The molecule has 10 heteroatoms. The molecule has 30 heavy (non-hydrogen) atoms. The van der Waals surface area contributed by atoms with Crippen molar-refractivity contribution < 1.29 is 22.3 Å². The quantitative estimate of drug-likeness (QED) is 0.510. The van der Waals surface area contributed by atoms with E-state index in [1.54, 1.807) is 25.3 Å². The third kappa shape index (κ3) is 4.51. The predicted molar refractivity (Wildman–Crippen MR) is 112 cm³/mol. The van der Waals surface area contributed by atoms with Gasteiger partial charge in [0, 0.05) is 18.8 Å². The van der Waals surface area contributed by atoms with Gasteiger partial charge in [-0.1, -0.05) is 36.0 Å². The van der Waals surface area contributed by atoms with Crippen LogP contribution in [0.1, 0.15) is 5.56 Å². The van der Waals surface area contributed by atoms with Crippen LogP contribution in [0.3, 0.4) is 0 Å². The van der Waals surface area contributed by atoms with Crippen molar-refractivity contribution in [2.24, 2.45) is 0 Å². The Morgan fingerprint density at radius 3 is 2.70 bits per heavy atom. The zero-order chi connectivity index (χ0) is 21.0. The maximum absolute atomic E-state index is 12.8. The van der Waals surface area contributed by atoms with Gasteiger partial charge in [0.15, 0.2) is 0 Å². The molecule has 0 amide bonds. The number of thioether (sulfide) groups is 1. The molecule has 0 atom stereocenters. The molecule has 0 radical (unpaired) electrons. The SMILES string of the molecule is COc1ccccc1-c1nnc(SCc2cccc(S(=O)(=O)N3CCOCC3)c2)o1. The minimum Gasteiger partial charge on any atom is -0.496 e. The van der Waals surface area contributed by atoms with E-state index in [9.17, 15) is 8.42 Å². The highest BCUT2D eigenvalue weighted by molar-refractivity contribution is 7.98. The lowest BCUT2D eigenvalue weighted by atomic mass is 10.2. The third-order valence-electron chi connectivity index (χ3n) is 4.61. The fourth-order valence-electron chi connectivity index (χ4n) is 3.08. The lowest BCUT2D eigenvalue weighted by Crippen LogP contribution is -2.40. The molecular formula is C20H21N3O5S2. The van der Waals surface area contributed by atoms with Gasteiger partial charge in [-0.3, -0.25) is 0 Å². The topological polar surface area (TPSA) is 94.8 Å². The summed E-state index contributed by atoms with van der Waals surface area (Å²) < 4.78 is 43.5. The van der Waals surface area contributed by atoms with Gasteiger partial charge in [0.25, 0.3) is 11.1 Å². The van der Waals surface area contributed by atoms with Crippen LogP contribution < -0.4 is 4.74 Å². The molecule has 0 spiro atoms. The van der Waals surface area contributed by atoms with Gasteiger partial charge < -0.3 is 13.9 Å². The van der Waals surface area contributed by atoms with E-state index in [2.05, 4.69) is 10.2 Å². The van der Waals surface area contributed by atoms with Gasteiger partial charge in [-0.2, -0.15) is 4.31 Å². The van der Waals surface area contributed by atoms with Gasteiger partial charge in [0.05, 0.1) is 30.8 Å². The number of nitrogens with zero attached hydrogens (tertiary/aromatic N) is 3. The lowest BCUT2D eigenvalue weighted by Gasteiger charge is -2.26. The number of sulfonamides is 1. The summed E-state index contributed by atoms with van der Waals surface area (Å²) in [5, 5.41) is 8.57. The summed E-state index contributed by atoms with van der Waals surface area (Å²) in [6, 6.07) is 14.3. The molecule has 1 saturated heterocycles. The average Bonchev–Trinajstić information content (AvgIpc) is 3.27. The van der Waals surface area contributed by atoms with E-state index >= 15 is 0 Å². The molecule has 2 heterocycles. The molecule has 0 bridgehead atoms. The van der Waals surface area contributed by atoms with Gasteiger partial charge in [-0.05, 0) is 29.8 Å². The Balaban J connectivity index is 1.46. The fraction of sp³-hybridized carbons (Fsp3) is 0.300. The summed E-state index contributed by atoms with van der Waals surface area (Å²) >= 11 is 1.35. The summed E-state index contributed by atoms with van der Waals surface area (Å²) in [6.45, 7) is 1.57. The van der Waals surface area contributed by atoms with Crippen LogP contribution in [0.25, 0.3) is 11.5 Å². The molecule has 0 unspecified atom stereocenters. The number of ether oxygens (including phenoxy) is 2. The average molecular weight is 448 g/mol. The molecule has 0 N–H and O–H groups in total. The first-order valence-corrected chi connectivity index (χ1v) is 11.8. The lowest BCUT2D eigenvalue weighted by molar-refractivity contribution is 0.0730. The summed E-state index contributed by atoms with van der Waals surface area (Å²) in [5.74, 6) is 1.53. The number of rotatable bonds is 7. The zero-order valence-electron chi connectivity index (χ0n) is 16.4. The van der Waals surface area contributed by atoms with Crippen molar-refractivity contribution in [1.29, 1.82) is 0 Å². The third-order valence-corrected chi connectivity index (χ3v) is 7.40. The Hall–Kier alpha value is -2.40. The number of methoxy groups -OCH3 is 1. The van der Waals surface area contributed by atoms with Crippen molar-refractivity contribution >= 4 is 21.8 Å². The maximum Gasteiger partial charge on any atom is 0.277 e. The first-order valence-electron chi connectivity index (χ1n) is 9.34. The van der Waals surface area contributed by atoms with Gasteiger partial charge in [-0.15, -0.1) is 10.2 Å². The summed E-state index contributed by atoms with van der Waals surface area (Å²) in [6.07, 6.45) is 0. The number of aromatic nitrogens is 2. The number of para-hydroxylation sites is 1. The molecule has 1 fully saturated rings. The second kappa shape index (κ2) is 9.17. The molecular weight excluding hydrogens is 426 g/mol. The molecule has 3 aromatic rings. The van der Waals surface area contributed by atoms with Crippen molar-refractivity contribution in [1.82, 2.24) is 14.5 Å². The van der Waals surface area contributed by atoms with Crippen molar-refractivity contribution in [2.45, 2.75) is 15.9 Å². The smallest absolute Gasteiger partial charge is 0.277 e. The van der Waals surface area contributed by atoms with E-state index in [0.29, 0.717) is 48.9 Å². The molecule has 1 aliphatic heterocycles. The summed E-state index contributed by atoms with van der Waals surface area (Å²) in [4.78, 5) is 0.280. The zero-order valence-corrected chi connectivity index (χ0v) is 18.0. The van der Waals surface area contributed by atoms with Crippen LogP contribution >= 0.6 is 11.8 Å². The Labute approximate surface area is 179 Å². The fourth-order valence-corrected chi connectivity index (χ4v) is 5.26. The number of hydrogen-bond donors (Lipinski definition) is 0. The van der Waals surface area contributed by atoms with Gasteiger partial charge in [0.2, 0.25) is 10.0 Å². The van der Waals surface area contributed by atoms with Crippen LogP contribution in [0.15, 0.2) is 63.1 Å². The predicted octanol–water partition coefficient (Wildman–Crippen LogP) is 3.06. The molecule has 8 nitrogen and oxygen atoms in total. The van der Waals surface area contributed by atoms with Crippen molar-refractivity contribution in [3.8, 4) is 17.2 Å². The van der Waals surface area contributed by atoms with Crippen LogP contribution in [0.4, 0.5) is 0 Å². The maximum atomic E-state index is 12.8. The number of benzene rings is 2. The molecule has 4 rings (SSSR count). The van der Waals surface area contributed by atoms with Gasteiger partial charge in [-0.25, -0.2) is 8.42 Å². The van der Waals surface area contributed by atoms with Crippen molar-refractivity contribution in [2.75, 3.05) is 33.4 Å². The summed E-state index contributed by atoms with van der Waals surface area (Å²) in [5.41, 5.74) is 1.57. The summed E-state index contributed by atoms with van der Waals surface area (Å²) in [7, 11) is -1.94. The van der Waals surface area contributed by atoms with Crippen LogP contribution in [0.2, 0.25) is 0 Å². The highest BCUT2D eigenvalue weighted by Crippen LogP contribution is 2.31. The van der Waals surface area contributed by atoms with Crippen molar-refractivity contribution in [3.05, 3.63) is 54.1 Å². The molecule has 0 saturated carbocycles. The first kappa shape index (κ1) is 20.9. The normalized spacial score (nSPS) is 15.2. The van der Waals surface area contributed by atoms with E-state index in [0.717, 1.165) is 11.1 Å². The highest BCUT2D eigenvalue weighted by atomic mass is 32.2. The highest BCUT2D eigenvalue weighted by Gasteiger charge is 2.26. The largest absolute Gasteiger partial charge is 0.496 e. The van der Waals surface area contributed by atoms with Crippen LogP contribution in [0.5, 0.6) is 5.75 Å². The van der Waals surface area contributed by atoms with E-state index in [1.165, 1.54) is 16.1 Å². The van der Waals surface area contributed by atoms with E-state index in [4.69, 9.17) is 13.9 Å². The molecule has 1 aliphatic rings. The Bertz CT molecular complexity index is 1110. The van der Waals surface area contributed by atoms with Gasteiger partial charge >= 0.3 is 0 Å². The van der Waals surface area contributed by atoms with Crippen molar-refractivity contribution in [3.63, 3.8) is 0 Å². The monoisotopic (exact) mass is 447 g/mol. The van der Waals surface area contributed by atoms with Crippen LogP contribution in [-0.2, 0) is 20.5 Å². The second-order valence-electron chi connectivity index (χ2n) is 6.53. The molecule has 0 aliphatic carbocycles. The van der Waals surface area contributed by atoms with E-state index in [1.807, 2.05) is 30.3 Å². The van der Waals surface area contributed by atoms with Gasteiger partial charge in [0.1, 0.15) is 5.75 Å². The Morgan fingerprint density at radius 2 is 1.90 bits per heavy atom. The molecule has 1 aromatic heterocycles. The standard InChI is InChI=1S/C20H21N3O5S2/c1-26-18-8-3-2-7-17(18)19-21-22-20(28-19)29-14-15-5-4-6-16(13-15)30(24,25)23-9-11-27-12-10-23/h2-8,13H,9-12,14H2,1H3. The Kier molecular flexibility index (Phi) is 6.38. The minimum atomic E-state index is -3.53. The Morgan fingerprint density at radius 1 is 1.10 bits per heavy atom. The second-order valence-corrected chi connectivity index (χ2v) is 9.39. The van der Waals surface area contributed by atoms with E-state index < -0.39 is 10.0 Å². The minimum absolute atomic E-state index is 0.280. The van der Waals surface area contributed by atoms with E-state index in [-0.39, 0.29) is 4.90 Å². The molecule has 158 valence electrons. The van der Waals surface area contributed by atoms with Crippen LogP contribution in [-0.4, -0.2) is 56.3 Å². The number of hydrogen-bond acceptors (Lipinski definition) is 8.